The Morgan fingerprint density at radius 2 is 2.08 bits per heavy atom. The van der Waals surface area contributed by atoms with Crippen LogP contribution in [0.4, 0.5) is 8.78 Å². The topological polar surface area (TPSA) is 41.8 Å². The highest BCUT2D eigenvalue weighted by atomic mass is 19.3. The largest absolute Gasteiger partial charge is 0.365 e. The van der Waals surface area contributed by atoms with E-state index in [9.17, 15) is 8.78 Å². The molecule has 0 aliphatic rings. The summed E-state index contributed by atoms with van der Waals surface area (Å²) in [4.78, 5) is 2.74. The molecule has 0 saturated carbocycles. The van der Waals surface area contributed by atoms with Crippen LogP contribution in [0, 0.1) is 13.8 Å². The molecule has 0 aromatic carbocycles. The third-order valence-electron chi connectivity index (χ3n) is 1.90. The highest BCUT2D eigenvalue weighted by Gasteiger charge is 2.33. The number of aryl methyl sites for hydroxylation is 2. The number of nitrogens with two attached hydrogens (primary N) is 1. The average molecular weight is 174 g/mol. The number of aromatic amines is 1. The molecule has 0 atom stereocenters. The fourth-order valence-corrected chi connectivity index (χ4v) is 1.32. The van der Waals surface area contributed by atoms with Gasteiger partial charge in [0.2, 0.25) is 0 Å². The van der Waals surface area contributed by atoms with Crippen LogP contribution in [0.25, 0.3) is 0 Å². The van der Waals surface area contributed by atoms with Crippen molar-refractivity contribution in [3.05, 3.63) is 23.0 Å². The highest BCUT2D eigenvalue weighted by molar-refractivity contribution is 5.33. The summed E-state index contributed by atoms with van der Waals surface area (Å²) in [5.41, 5.74) is 6.05. The Morgan fingerprint density at radius 1 is 1.50 bits per heavy atom. The summed E-state index contributed by atoms with van der Waals surface area (Å²) in [5, 5.41) is 0. The first-order valence-corrected chi connectivity index (χ1v) is 3.72. The first-order chi connectivity index (χ1) is 5.49. The minimum atomic E-state index is -2.91. The number of nitrogens with one attached hydrogen (secondary N) is 1. The second-order valence-electron chi connectivity index (χ2n) is 2.88. The molecule has 4 heteroatoms. The Kier molecular flexibility index (Phi) is 2.19. The van der Waals surface area contributed by atoms with Gasteiger partial charge in [0.15, 0.2) is 0 Å². The minimum Gasteiger partial charge on any atom is -0.365 e. The van der Waals surface area contributed by atoms with Gasteiger partial charge in [-0.1, -0.05) is 0 Å². The molecule has 12 heavy (non-hydrogen) atoms. The SMILES string of the molecule is Cc1c[nH]c(C)c1C(F)(F)CN. The van der Waals surface area contributed by atoms with E-state index in [4.69, 9.17) is 5.73 Å². The molecule has 0 fully saturated rings. The lowest BCUT2D eigenvalue weighted by molar-refractivity contribution is 0.00488. The summed E-state index contributed by atoms with van der Waals surface area (Å²) in [6.45, 7) is 2.61. The van der Waals surface area contributed by atoms with Crippen molar-refractivity contribution in [3.63, 3.8) is 0 Å². The molecule has 0 spiro atoms. The molecule has 0 amide bonds. The third kappa shape index (κ3) is 1.34. The van der Waals surface area contributed by atoms with Crippen LogP contribution in [0.3, 0.4) is 0 Å². The lowest BCUT2D eigenvalue weighted by atomic mass is 10.1. The third-order valence-corrected chi connectivity index (χ3v) is 1.90. The van der Waals surface area contributed by atoms with Gasteiger partial charge in [-0.05, 0) is 19.4 Å². The van der Waals surface area contributed by atoms with Crippen LogP contribution < -0.4 is 5.73 Å². The molecule has 1 aromatic rings. The fourth-order valence-electron chi connectivity index (χ4n) is 1.32. The molecule has 0 radical (unpaired) electrons. The number of rotatable bonds is 2. The molecule has 0 aliphatic carbocycles. The van der Waals surface area contributed by atoms with Crippen molar-refractivity contribution >= 4 is 0 Å². The zero-order valence-corrected chi connectivity index (χ0v) is 7.12. The standard InChI is InChI=1S/C8H12F2N2/c1-5-3-12-6(2)7(5)8(9,10)4-11/h3,12H,4,11H2,1-2H3. The Bertz CT molecular complexity index is 259. The van der Waals surface area contributed by atoms with Gasteiger partial charge < -0.3 is 10.7 Å². The van der Waals surface area contributed by atoms with Gasteiger partial charge in [-0.25, -0.2) is 0 Å². The molecule has 1 heterocycles. The maximum atomic E-state index is 13.1. The zero-order chi connectivity index (χ0) is 9.35. The van der Waals surface area contributed by atoms with Gasteiger partial charge in [-0.15, -0.1) is 0 Å². The van der Waals surface area contributed by atoms with Crippen molar-refractivity contribution in [2.24, 2.45) is 5.73 Å². The Hall–Kier alpha value is -0.900. The van der Waals surface area contributed by atoms with Gasteiger partial charge in [0.05, 0.1) is 6.54 Å². The molecule has 68 valence electrons. The number of hydrogen-bond acceptors (Lipinski definition) is 1. The van der Waals surface area contributed by atoms with Crippen LogP contribution in [-0.2, 0) is 5.92 Å². The van der Waals surface area contributed by atoms with Crippen LogP contribution in [-0.4, -0.2) is 11.5 Å². The van der Waals surface area contributed by atoms with Crippen molar-refractivity contribution in [2.75, 3.05) is 6.54 Å². The molecular formula is C8H12F2N2. The Morgan fingerprint density at radius 3 is 2.42 bits per heavy atom. The summed E-state index contributed by atoms with van der Waals surface area (Å²) in [6, 6.07) is 0. The van der Waals surface area contributed by atoms with Crippen molar-refractivity contribution in [2.45, 2.75) is 19.8 Å². The number of halogens is 2. The van der Waals surface area contributed by atoms with E-state index in [2.05, 4.69) is 4.98 Å². The number of H-pyrrole nitrogens is 1. The van der Waals surface area contributed by atoms with Gasteiger partial charge in [0, 0.05) is 17.5 Å². The monoisotopic (exact) mass is 174 g/mol. The summed E-state index contributed by atoms with van der Waals surface area (Å²) >= 11 is 0. The van der Waals surface area contributed by atoms with E-state index in [0.29, 0.717) is 11.3 Å². The second kappa shape index (κ2) is 2.86. The lowest BCUT2D eigenvalue weighted by Crippen LogP contribution is -2.26. The van der Waals surface area contributed by atoms with Gasteiger partial charge in [-0.2, -0.15) is 8.78 Å². The maximum Gasteiger partial charge on any atom is 0.287 e. The summed E-state index contributed by atoms with van der Waals surface area (Å²) < 4.78 is 26.2. The molecule has 0 unspecified atom stereocenters. The summed E-state index contributed by atoms with van der Waals surface area (Å²) in [6.07, 6.45) is 1.56. The van der Waals surface area contributed by atoms with Gasteiger partial charge in [-0.3, -0.25) is 0 Å². The Balaban J connectivity index is 3.17. The predicted octanol–water partition coefficient (Wildman–Crippen LogP) is 1.68. The van der Waals surface area contributed by atoms with Gasteiger partial charge in [0.1, 0.15) is 0 Å². The molecular weight excluding hydrogens is 162 g/mol. The van der Waals surface area contributed by atoms with Crippen LogP contribution >= 0.6 is 0 Å². The lowest BCUT2D eigenvalue weighted by Gasteiger charge is -2.14. The molecule has 0 saturated heterocycles. The second-order valence-corrected chi connectivity index (χ2v) is 2.88. The molecule has 2 nitrogen and oxygen atoms in total. The van der Waals surface area contributed by atoms with Crippen molar-refractivity contribution in [3.8, 4) is 0 Å². The van der Waals surface area contributed by atoms with Crippen molar-refractivity contribution in [1.29, 1.82) is 0 Å². The molecule has 0 aliphatic heterocycles. The van der Waals surface area contributed by atoms with E-state index >= 15 is 0 Å². The van der Waals surface area contributed by atoms with Crippen molar-refractivity contribution < 1.29 is 8.78 Å². The number of alkyl halides is 2. The number of aromatic nitrogens is 1. The first kappa shape index (κ1) is 9.19. The normalized spacial score (nSPS) is 12.1. The van der Waals surface area contributed by atoms with E-state index in [1.165, 1.54) is 0 Å². The summed E-state index contributed by atoms with van der Waals surface area (Å²) in [5.74, 6) is -2.91. The Labute approximate surface area is 69.8 Å². The molecule has 1 aromatic heterocycles. The van der Waals surface area contributed by atoms with E-state index in [0.717, 1.165) is 0 Å². The quantitative estimate of drug-likeness (QED) is 0.703. The molecule has 3 N–H and O–H groups in total. The van der Waals surface area contributed by atoms with E-state index in [1.54, 1.807) is 20.0 Å². The van der Waals surface area contributed by atoms with Gasteiger partial charge in [0.25, 0.3) is 5.92 Å². The maximum absolute atomic E-state index is 13.1. The molecule has 1 rings (SSSR count). The van der Waals surface area contributed by atoms with E-state index < -0.39 is 12.5 Å². The first-order valence-electron chi connectivity index (χ1n) is 3.72. The minimum absolute atomic E-state index is 0.0324. The van der Waals surface area contributed by atoms with E-state index in [-0.39, 0.29) is 5.56 Å². The average Bonchev–Trinajstić information content (AvgIpc) is 2.31. The predicted molar refractivity (Wildman–Crippen MR) is 43.2 cm³/mol. The molecule has 0 bridgehead atoms. The van der Waals surface area contributed by atoms with Crippen LogP contribution in [0.1, 0.15) is 16.8 Å². The van der Waals surface area contributed by atoms with Crippen LogP contribution in [0.5, 0.6) is 0 Å². The van der Waals surface area contributed by atoms with Gasteiger partial charge >= 0.3 is 0 Å². The smallest absolute Gasteiger partial charge is 0.287 e. The van der Waals surface area contributed by atoms with Crippen LogP contribution in [0.15, 0.2) is 6.20 Å². The van der Waals surface area contributed by atoms with Crippen molar-refractivity contribution in [1.82, 2.24) is 4.98 Å². The zero-order valence-electron chi connectivity index (χ0n) is 7.12. The highest BCUT2D eigenvalue weighted by Crippen LogP contribution is 2.31. The van der Waals surface area contributed by atoms with E-state index in [1.807, 2.05) is 0 Å². The number of hydrogen-bond donors (Lipinski definition) is 2. The summed E-state index contributed by atoms with van der Waals surface area (Å²) in [7, 11) is 0. The van der Waals surface area contributed by atoms with Crippen LogP contribution in [0.2, 0.25) is 0 Å². The fraction of sp³-hybridized carbons (Fsp3) is 0.500.